The first kappa shape index (κ1) is 16.7. The maximum absolute atomic E-state index is 11.7. The zero-order chi connectivity index (χ0) is 15.5. The van der Waals surface area contributed by atoms with Gasteiger partial charge in [0.1, 0.15) is 0 Å². The molecule has 1 fully saturated rings. The monoisotopic (exact) mass is 284 g/mol. The van der Waals surface area contributed by atoms with E-state index in [0.29, 0.717) is 18.4 Å². The van der Waals surface area contributed by atoms with E-state index in [-0.39, 0.29) is 18.2 Å². The fourth-order valence-electron chi connectivity index (χ4n) is 2.54. The minimum absolute atomic E-state index is 0.123. The first-order valence-electron chi connectivity index (χ1n) is 6.98. The van der Waals surface area contributed by atoms with Crippen LogP contribution < -0.4 is 11.2 Å². The Balaban J connectivity index is 0.000000956. The fraction of sp³-hybridized carbons (Fsp3) is 0.714. The summed E-state index contributed by atoms with van der Waals surface area (Å²) in [6.07, 6.45) is 1.78. The standard InChI is InChI=1S/C12H18N2O4.C2H6/c1-7-5-14(11(18)13-10(7)17)8-3-9(16)12(2,4-8)6-15;1-2/h5,8-9,15-16H,3-4,6H2,1-2H3,(H,13,17,18);1-2H3/t8-,9-,12?;/m0./s1. The van der Waals surface area contributed by atoms with Crippen molar-refractivity contribution in [3.63, 3.8) is 0 Å². The van der Waals surface area contributed by atoms with Crippen LogP contribution in [0.15, 0.2) is 15.8 Å². The number of aryl methyl sites for hydroxylation is 1. The highest BCUT2D eigenvalue weighted by molar-refractivity contribution is 5.04. The molecule has 1 aliphatic rings. The van der Waals surface area contributed by atoms with Crippen molar-refractivity contribution in [3.05, 3.63) is 32.6 Å². The van der Waals surface area contributed by atoms with E-state index >= 15 is 0 Å². The molecule has 0 aliphatic heterocycles. The van der Waals surface area contributed by atoms with E-state index in [4.69, 9.17) is 0 Å². The Morgan fingerprint density at radius 1 is 1.45 bits per heavy atom. The van der Waals surface area contributed by atoms with Crippen LogP contribution in [0.2, 0.25) is 0 Å². The second-order valence-corrected chi connectivity index (χ2v) is 5.40. The van der Waals surface area contributed by atoms with Crippen LogP contribution in [-0.2, 0) is 0 Å². The Morgan fingerprint density at radius 2 is 2.05 bits per heavy atom. The second-order valence-electron chi connectivity index (χ2n) is 5.40. The lowest BCUT2D eigenvalue weighted by Crippen LogP contribution is -2.33. The van der Waals surface area contributed by atoms with Gasteiger partial charge in [-0.3, -0.25) is 14.3 Å². The van der Waals surface area contributed by atoms with Crippen LogP contribution in [0.25, 0.3) is 0 Å². The van der Waals surface area contributed by atoms with Crippen LogP contribution in [0.1, 0.15) is 45.2 Å². The van der Waals surface area contributed by atoms with Crippen molar-refractivity contribution in [2.24, 2.45) is 5.41 Å². The summed E-state index contributed by atoms with van der Waals surface area (Å²) in [7, 11) is 0. The highest BCUT2D eigenvalue weighted by atomic mass is 16.3. The van der Waals surface area contributed by atoms with Crippen molar-refractivity contribution < 1.29 is 10.2 Å². The molecular weight excluding hydrogens is 260 g/mol. The third kappa shape index (κ3) is 3.02. The van der Waals surface area contributed by atoms with Gasteiger partial charge in [-0.05, 0) is 19.8 Å². The SMILES string of the molecule is CC.Cc1cn([C@H]2C[C@H](O)C(C)(CO)C2)c(=O)[nH]c1=O. The van der Waals surface area contributed by atoms with Crippen LogP contribution in [0.5, 0.6) is 0 Å². The van der Waals surface area contributed by atoms with Crippen LogP contribution in [-0.4, -0.2) is 32.5 Å². The number of hydrogen-bond donors (Lipinski definition) is 3. The molecule has 2 rings (SSSR count). The molecule has 1 heterocycles. The van der Waals surface area contributed by atoms with Gasteiger partial charge in [0.05, 0.1) is 12.7 Å². The average Bonchev–Trinajstić information content (AvgIpc) is 2.73. The molecule has 3 atom stereocenters. The summed E-state index contributed by atoms with van der Waals surface area (Å²) in [6, 6.07) is -0.194. The number of aromatic nitrogens is 2. The fourth-order valence-corrected chi connectivity index (χ4v) is 2.54. The number of nitrogens with zero attached hydrogens (tertiary/aromatic N) is 1. The van der Waals surface area contributed by atoms with Crippen molar-refractivity contribution in [2.45, 2.75) is 52.7 Å². The summed E-state index contributed by atoms with van der Waals surface area (Å²) >= 11 is 0. The highest BCUT2D eigenvalue weighted by Gasteiger charge is 2.43. The molecule has 1 aliphatic carbocycles. The lowest BCUT2D eigenvalue weighted by Gasteiger charge is -2.24. The van der Waals surface area contributed by atoms with Crippen molar-refractivity contribution in [1.29, 1.82) is 0 Å². The number of aliphatic hydroxyl groups excluding tert-OH is 2. The molecule has 6 heteroatoms. The Bertz CT molecular complexity index is 563. The third-order valence-electron chi connectivity index (χ3n) is 3.90. The van der Waals surface area contributed by atoms with Crippen molar-refractivity contribution in [2.75, 3.05) is 6.61 Å². The summed E-state index contributed by atoms with van der Waals surface area (Å²) < 4.78 is 1.45. The first-order chi connectivity index (χ1) is 9.37. The van der Waals surface area contributed by atoms with Gasteiger partial charge >= 0.3 is 5.69 Å². The Morgan fingerprint density at radius 3 is 2.55 bits per heavy atom. The molecular formula is C14H24N2O4. The lowest BCUT2D eigenvalue weighted by molar-refractivity contribution is 0.0201. The molecule has 1 saturated carbocycles. The number of hydrogen-bond acceptors (Lipinski definition) is 4. The van der Waals surface area contributed by atoms with Gasteiger partial charge in [0, 0.05) is 23.2 Å². The van der Waals surface area contributed by atoms with Gasteiger partial charge in [-0.15, -0.1) is 0 Å². The van der Waals surface area contributed by atoms with Gasteiger partial charge in [0.25, 0.3) is 5.56 Å². The van der Waals surface area contributed by atoms with Crippen LogP contribution in [0, 0.1) is 12.3 Å². The van der Waals surface area contributed by atoms with E-state index in [9.17, 15) is 19.8 Å². The van der Waals surface area contributed by atoms with E-state index in [1.165, 1.54) is 10.8 Å². The van der Waals surface area contributed by atoms with Crippen LogP contribution >= 0.6 is 0 Å². The topological polar surface area (TPSA) is 95.3 Å². The highest BCUT2D eigenvalue weighted by Crippen LogP contribution is 2.43. The summed E-state index contributed by atoms with van der Waals surface area (Å²) in [5.41, 5.74) is -0.986. The normalized spacial score (nSPS) is 28.9. The van der Waals surface area contributed by atoms with Gasteiger partial charge in [0.15, 0.2) is 0 Å². The minimum atomic E-state index is -0.647. The van der Waals surface area contributed by atoms with Gasteiger partial charge < -0.3 is 10.2 Å². The van der Waals surface area contributed by atoms with E-state index in [1.807, 2.05) is 13.8 Å². The van der Waals surface area contributed by atoms with E-state index in [1.54, 1.807) is 13.8 Å². The third-order valence-corrected chi connectivity index (χ3v) is 3.90. The largest absolute Gasteiger partial charge is 0.396 e. The maximum atomic E-state index is 11.7. The first-order valence-corrected chi connectivity index (χ1v) is 6.98. The molecule has 0 amide bonds. The molecule has 114 valence electrons. The smallest absolute Gasteiger partial charge is 0.328 e. The van der Waals surface area contributed by atoms with Crippen LogP contribution in [0.3, 0.4) is 0 Å². The average molecular weight is 284 g/mol. The minimum Gasteiger partial charge on any atom is -0.396 e. The summed E-state index contributed by atoms with van der Waals surface area (Å²) in [6.45, 7) is 7.30. The molecule has 0 saturated heterocycles. The number of rotatable bonds is 2. The van der Waals surface area contributed by atoms with E-state index in [0.717, 1.165) is 0 Å². The lowest BCUT2D eigenvalue weighted by atomic mass is 9.87. The van der Waals surface area contributed by atoms with E-state index in [2.05, 4.69) is 4.98 Å². The van der Waals surface area contributed by atoms with Gasteiger partial charge in [-0.25, -0.2) is 4.79 Å². The van der Waals surface area contributed by atoms with Crippen molar-refractivity contribution in [1.82, 2.24) is 9.55 Å². The van der Waals surface area contributed by atoms with Crippen molar-refractivity contribution in [3.8, 4) is 0 Å². The molecule has 0 bridgehead atoms. The quantitative estimate of drug-likeness (QED) is 0.739. The predicted octanol–water partition coefficient (Wildman–Crippen LogP) is 0.566. The number of H-pyrrole nitrogens is 1. The zero-order valence-corrected chi connectivity index (χ0v) is 12.5. The molecule has 1 aromatic rings. The molecule has 1 aromatic heterocycles. The maximum Gasteiger partial charge on any atom is 0.328 e. The molecule has 3 N–H and O–H groups in total. The number of aliphatic hydroxyl groups is 2. The summed E-state index contributed by atoms with van der Waals surface area (Å²) in [5, 5.41) is 19.3. The molecule has 1 unspecified atom stereocenters. The number of nitrogens with one attached hydrogen (secondary N) is 1. The van der Waals surface area contributed by atoms with E-state index < -0.39 is 17.2 Å². The number of aromatic amines is 1. The molecule has 20 heavy (non-hydrogen) atoms. The molecule has 6 nitrogen and oxygen atoms in total. The Hall–Kier alpha value is -1.40. The molecule has 0 aromatic carbocycles. The zero-order valence-electron chi connectivity index (χ0n) is 12.5. The summed E-state index contributed by atoms with van der Waals surface area (Å²) in [4.78, 5) is 25.3. The Labute approximate surface area is 118 Å². The molecule has 0 spiro atoms. The van der Waals surface area contributed by atoms with Crippen molar-refractivity contribution >= 4 is 0 Å². The summed E-state index contributed by atoms with van der Waals surface area (Å²) in [5.74, 6) is 0. The van der Waals surface area contributed by atoms with Crippen LogP contribution in [0.4, 0.5) is 0 Å². The molecule has 0 radical (unpaired) electrons. The second kappa shape index (κ2) is 6.37. The Kier molecular flexibility index (Phi) is 5.30. The van der Waals surface area contributed by atoms with Gasteiger partial charge in [-0.2, -0.15) is 0 Å². The van der Waals surface area contributed by atoms with Gasteiger partial charge in [-0.1, -0.05) is 20.8 Å². The van der Waals surface area contributed by atoms with Gasteiger partial charge in [0.2, 0.25) is 0 Å². The predicted molar refractivity (Wildman–Crippen MR) is 76.9 cm³/mol.